The number of benzene rings is 3. The molecule has 1 fully saturated rings. The quantitative estimate of drug-likeness (QED) is 0.339. The monoisotopic (exact) mass is 456 g/mol. The minimum atomic E-state index is -0.206. The van der Waals surface area contributed by atoms with Gasteiger partial charge in [-0.25, -0.2) is 0 Å². The number of carbonyl (C=O) groups is 2. The largest absolute Gasteiger partial charge is 0.396 e. The fourth-order valence-corrected chi connectivity index (χ4v) is 4.84. The van der Waals surface area contributed by atoms with Crippen molar-refractivity contribution in [3.8, 4) is 0 Å². The first-order valence-corrected chi connectivity index (χ1v) is 11.5. The fourth-order valence-electron chi connectivity index (χ4n) is 4.84. The summed E-state index contributed by atoms with van der Waals surface area (Å²) in [5.74, 6) is -0.389. The highest BCUT2D eigenvalue weighted by Gasteiger charge is 2.35. The first-order chi connectivity index (χ1) is 16.6. The zero-order valence-electron chi connectivity index (χ0n) is 19.2. The summed E-state index contributed by atoms with van der Waals surface area (Å²) in [7, 11) is 1.63. The predicted molar refractivity (Wildman–Crippen MR) is 135 cm³/mol. The molecule has 0 spiro atoms. The van der Waals surface area contributed by atoms with Gasteiger partial charge in [0.2, 0.25) is 0 Å². The van der Waals surface area contributed by atoms with Crippen molar-refractivity contribution in [1.82, 2.24) is 0 Å². The van der Waals surface area contributed by atoms with Crippen molar-refractivity contribution in [1.29, 1.82) is 0 Å². The number of para-hydroxylation sites is 1. The lowest BCUT2D eigenvalue weighted by Gasteiger charge is -2.38. The number of methoxy groups -OCH3 is 1. The maximum atomic E-state index is 13.5. The molecule has 3 aromatic carbocycles. The van der Waals surface area contributed by atoms with E-state index in [0.717, 1.165) is 31.9 Å². The van der Waals surface area contributed by atoms with Crippen molar-refractivity contribution >= 4 is 34.3 Å². The third-order valence-electron chi connectivity index (χ3n) is 6.58. The standard InChI is InChI=1S/C27H28N4O3/c1-34-16-11-29-21-17-22(31-14-12-30(13-15-31)18-7-3-2-4-8-18)25(28)24-23(21)26(32)19-9-5-6-10-20(19)27(24)33/h2-10,17,29H,11-16,28H2,1H3. The number of rotatable bonds is 6. The molecule has 1 aliphatic heterocycles. The first kappa shape index (κ1) is 22.0. The van der Waals surface area contributed by atoms with Gasteiger partial charge >= 0.3 is 0 Å². The van der Waals surface area contributed by atoms with Gasteiger partial charge in [0.05, 0.1) is 29.1 Å². The van der Waals surface area contributed by atoms with E-state index in [0.29, 0.717) is 46.8 Å². The Morgan fingerprint density at radius 2 is 1.44 bits per heavy atom. The summed E-state index contributed by atoms with van der Waals surface area (Å²) in [5.41, 5.74) is 11.1. The molecule has 0 atom stereocenters. The van der Waals surface area contributed by atoms with Gasteiger partial charge in [0.15, 0.2) is 11.6 Å². The lowest BCUT2D eigenvalue weighted by Crippen LogP contribution is -2.47. The summed E-state index contributed by atoms with van der Waals surface area (Å²) in [6.07, 6.45) is 0. The number of nitrogens with zero attached hydrogens (tertiary/aromatic N) is 2. The number of hydrogen-bond acceptors (Lipinski definition) is 7. The molecule has 0 amide bonds. The van der Waals surface area contributed by atoms with Crippen LogP contribution in [0.1, 0.15) is 31.8 Å². The highest BCUT2D eigenvalue weighted by molar-refractivity contribution is 6.32. The number of hydrogen-bond donors (Lipinski definition) is 2. The van der Waals surface area contributed by atoms with Crippen LogP contribution in [-0.2, 0) is 4.74 Å². The molecule has 7 nitrogen and oxygen atoms in total. The molecular weight excluding hydrogens is 428 g/mol. The summed E-state index contributed by atoms with van der Waals surface area (Å²) in [6, 6.07) is 19.2. The van der Waals surface area contributed by atoms with E-state index in [1.165, 1.54) is 5.69 Å². The number of carbonyl (C=O) groups excluding carboxylic acids is 2. The highest BCUT2D eigenvalue weighted by atomic mass is 16.5. The van der Waals surface area contributed by atoms with Crippen molar-refractivity contribution in [3.63, 3.8) is 0 Å². The second kappa shape index (κ2) is 9.19. The average molecular weight is 457 g/mol. The van der Waals surface area contributed by atoms with Crippen LogP contribution in [0.25, 0.3) is 0 Å². The first-order valence-electron chi connectivity index (χ1n) is 11.5. The van der Waals surface area contributed by atoms with Gasteiger partial charge in [0, 0.05) is 62.3 Å². The Morgan fingerprint density at radius 1 is 0.853 bits per heavy atom. The molecule has 5 rings (SSSR count). The Bertz CT molecular complexity index is 1230. The van der Waals surface area contributed by atoms with Crippen LogP contribution in [0.4, 0.5) is 22.7 Å². The Hall–Kier alpha value is -3.84. The van der Waals surface area contributed by atoms with Gasteiger partial charge in [-0.3, -0.25) is 9.59 Å². The van der Waals surface area contributed by atoms with Crippen molar-refractivity contribution in [2.45, 2.75) is 0 Å². The minimum absolute atomic E-state index is 0.183. The lowest BCUT2D eigenvalue weighted by atomic mass is 9.81. The van der Waals surface area contributed by atoms with Crippen LogP contribution in [0.2, 0.25) is 0 Å². The van der Waals surface area contributed by atoms with E-state index in [-0.39, 0.29) is 11.6 Å². The molecule has 7 heteroatoms. The SMILES string of the molecule is COCCNc1cc(N2CCN(c3ccccc3)CC2)c(N)c2c1C(=O)c1ccccc1C2=O. The zero-order chi connectivity index (χ0) is 23.7. The van der Waals surface area contributed by atoms with Crippen LogP contribution >= 0.6 is 0 Å². The summed E-state index contributed by atoms with van der Waals surface area (Å²) in [5, 5.41) is 3.31. The van der Waals surface area contributed by atoms with E-state index in [4.69, 9.17) is 10.5 Å². The molecule has 0 bridgehead atoms. The molecule has 0 radical (unpaired) electrons. The number of nitrogens with one attached hydrogen (secondary N) is 1. The van der Waals surface area contributed by atoms with E-state index >= 15 is 0 Å². The smallest absolute Gasteiger partial charge is 0.196 e. The molecule has 3 N–H and O–H groups in total. The van der Waals surface area contributed by atoms with Gasteiger partial charge in [-0.15, -0.1) is 0 Å². The van der Waals surface area contributed by atoms with Gasteiger partial charge in [0.1, 0.15) is 0 Å². The molecule has 2 aliphatic rings. The number of nitrogen functional groups attached to an aromatic ring is 1. The Balaban J connectivity index is 1.52. The van der Waals surface area contributed by atoms with Gasteiger partial charge in [-0.1, -0.05) is 42.5 Å². The summed E-state index contributed by atoms with van der Waals surface area (Å²) < 4.78 is 5.18. The third kappa shape index (κ3) is 3.78. The fraction of sp³-hybridized carbons (Fsp3) is 0.259. The zero-order valence-corrected chi connectivity index (χ0v) is 19.2. The second-order valence-electron chi connectivity index (χ2n) is 8.54. The number of ether oxygens (including phenoxy) is 1. The molecule has 174 valence electrons. The van der Waals surface area contributed by atoms with Crippen molar-refractivity contribution in [3.05, 3.63) is 82.9 Å². The van der Waals surface area contributed by atoms with Crippen LogP contribution in [-0.4, -0.2) is 58.0 Å². The highest BCUT2D eigenvalue weighted by Crippen LogP contribution is 2.41. The van der Waals surface area contributed by atoms with E-state index in [9.17, 15) is 9.59 Å². The molecular formula is C27H28N4O3. The van der Waals surface area contributed by atoms with E-state index in [2.05, 4.69) is 27.2 Å². The molecule has 34 heavy (non-hydrogen) atoms. The lowest BCUT2D eigenvalue weighted by molar-refractivity contribution is 0.0980. The third-order valence-corrected chi connectivity index (χ3v) is 6.58. The van der Waals surface area contributed by atoms with Gasteiger partial charge < -0.3 is 25.6 Å². The molecule has 1 aliphatic carbocycles. The molecule has 3 aromatic rings. The van der Waals surface area contributed by atoms with Gasteiger partial charge in [0.25, 0.3) is 0 Å². The van der Waals surface area contributed by atoms with E-state index in [1.54, 1.807) is 31.4 Å². The van der Waals surface area contributed by atoms with Crippen LogP contribution in [0, 0.1) is 0 Å². The normalized spacial score (nSPS) is 15.2. The molecule has 1 saturated heterocycles. The number of fused-ring (bicyclic) bond motifs is 2. The molecule has 0 unspecified atom stereocenters. The average Bonchev–Trinajstić information content (AvgIpc) is 2.88. The maximum absolute atomic E-state index is 13.5. The Labute approximate surface area is 199 Å². The second-order valence-corrected chi connectivity index (χ2v) is 8.54. The van der Waals surface area contributed by atoms with E-state index in [1.807, 2.05) is 24.3 Å². The van der Waals surface area contributed by atoms with Crippen LogP contribution in [0.15, 0.2) is 60.7 Å². The summed E-state index contributed by atoms with van der Waals surface area (Å²) in [4.78, 5) is 31.5. The van der Waals surface area contributed by atoms with Crippen molar-refractivity contribution in [2.75, 3.05) is 67.3 Å². The minimum Gasteiger partial charge on any atom is -0.396 e. The number of ketones is 2. The Morgan fingerprint density at radius 3 is 2.09 bits per heavy atom. The summed E-state index contributed by atoms with van der Waals surface area (Å²) >= 11 is 0. The molecule has 1 heterocycles. The van der Waals surface area contributed by atoms with Gasteiger partial charge in [-0.05, 0) is 18.2 Å². The van der Waals surface area contributed by atoms with Crippen molar-refractivity contribution < 1.29 is 14.3 Å². The predicted octanol–water partition coefficient (Wildman–Crippen LogP) is 3.43. The van der Waals surface area contributed by atoms with Crippen LogP contribution < -0.4 is 20.9 Å². The van der Waals surface area contributed by atoms with Gasteiger partial charge in [-0.2, -0.15) is 0 Å². The molecule has 0 saturated carbocycles. The van der Waals surface area contributed by atoms with Crippen LogP contribution in [0.5, 0.6) is 0 Å². The summed E-state index contributed by atoms with van der Waals surface area (Å²) in [6.45, 7) is 4.17. The van der Waals surface area contributed by atoms with E-state index < -0.39 is 0 Å². The maximum Gasteiger partial charge on any atom is 0.196 e. The van der Waals surface area contributed by atoms with Crippen LogP contribution in [0.3, 0.4) is 0 Å². The Kier molecular flexibility index (Phi) is 5.94. The number of nitrogens with two attached hydrogens (primary N) is 1. The molecule has 0 aromatic heterocycles. The number of piperazine rings is 1. The topological polar surface area (TPSA) is 87.9 Å². The number of anilines is 4. The van der Waals surface area contributed by atoms with Crippen molar-refractivity contribution in [2.24, 2.45) is 0 Å².